The molecule has 1 aliphatic heterocycles. The minimum Gasteiger partial charge on any atom is -0.497 e. The Bertz CT molecular complexity index is 652. The van der Waals surface area contributed by atoms with Gasteiger partial charge in [0.15, 0.2) is 0 Å². The zero-order valence-corrected chi connectivity index (χ0v) is 12.4. The van der Waals surface area contributed by atoms with Gasteiger partial charge in [0.1, 0.15) is 11.6 Å². The van der Waals surface area contributed by atoms with Crippen LogP contribution < -0.4 is 10.1 Å². The van der Waals surface area contributed by atoms with Crippen molar-refractivity contribution in [3.05, 3.63) is 65.5 Å². The van der Waals surface area contributed by atoms with Crippen LogP contribution in [0.1, 0.15) is 29.4 Å². The summed E-state index contributed by atoms with van der Waals surface area (Å²) in [6.45, 7) is 0.628. The molecule has 0 spiro atoms. The standard InChI is InChI=1S/C18H18FNO2/c1-22-16-8-4-12(5-9-16)14-10-17(18(21)20-11-14)13-2-6-15(19)7-3-13/h2-9,14,17H,10-11H2,1H3,(H,20,21)/t14-,17-/m1/s1. The smallest absolute Gasteiger partial charge is 0.227 e. The molecule has 22 heavy (non-hydrogen) atoms. The van der Waals surface area contributed by atoms with Gasteiger partial charge in [-0.05, 0) is 41.8 Å². The SMILES string of the molecule is COc1ccc([C@H]2CNC(=O)[C@@H](c3ccc(F)cc3)C2)cc1. The number of piperidine rings is 1. The first kappa shape index (κ1) is 14.6. The number of carbonyl (C=O) groups is 1. The number of methoxy groups -OCH3 is 1. The van der Waals surface area contributed by atoms with Crippen LogP contribution in [0.15, 0.2) is 48.5 Å². The summed E-state index contributed by atoms with van der Waals surface area (Å²) < 4.78 is 18.2. The molecule has 1 N–H and O–H groups in total. The van der Waals surface area contributed by atoms with E-state index in [1.807, 2.05) is 24.3 Å². The third kappa shape index (κ3) is 2.96. The Hall–Kier alpha value is -2.36. The summed E-state index contributed by atoms with van der Waals surface area (Å²) in [5.74, 6) is 0.557. The highest BCUT2D eigenvalue weighted by Crippen LogP contribution is 2.33. The van der Waals surface area contributed by atoms with Crippen molar-refractivity contribution in [2.24, 2.45) is 0 Å². The van der Waals surface area contributed by atoms with Crippen molar-refractivity contribution in [1.29, 1.82) is 0 Å². The Morgan fingerprint density at radius 3 is 2.32 bits per heavy atom. The minimum absolute atomic E-state index is 0.0105. The molecule has 0 saturated carbocycles. The van der Waals surface area contributed by atoms with Crippen molar-refractivity contribution in [3.63, 3.8) is 0 Å². The van der Waals surface area contributed by atoms with Crippen molar-refractivity contribution in [2.45, 2.75) is 18.3 Å². The fraction of sp³-hybridized carbons (Fsp3) is 0.278. The number of hydrogen-bond donors (Lipinski definition) is 1. The van der Waals surface area contributed by atoms with Crippen LogP contribution in [0.2, 0.25) is 0 Å². The normalized spacial score (nSPS) is 21.3. The number of benzene rings is 2. The number of carbonyl (C=O) groups excluding carboxylic acids is 1. The molecular weight excluding hydrogens is 281 g/mol. The summed E-state index contributed by atoms with van der Waals surface area (Å²) in [6, 6.07) is 14.1. The Morgan fingerprint density at radius 1 is 1.05 bits per heavy atom. The van der Waals surface area contributed by atoms with Crippen LogP contribution in [0.5, 0.6) is 5.75 Å². The Kier molecular flexibility index (Phi) is 4.09. The monoisotopic (exact) mass is 299 g/mol. The van der Waals surface area contributed by atoms with Gasteiger partial charge >= 0.3 is 0 Å². The first-order chi connectivity index (χ1) is 10.7. The molecule has 4 heteroatoms. The lowest BCUT2D eigenvalue weighted by Crippen LogP contribution is -2.39. The molecule has 0 unspecified atom stereocenters. The van der Waals surface area contributed by atoms with Crippen LogP contribution in [0.4, 0.5) is 4.39 Å². The fourth-order valence-electron chi connectivity index (χ4n) is 2.93. The van der Waals surface area contributed by atoms with Gasteiger partial charge in [0.05, 0.1) is 13.0 Å². The molecule has 1 fully saturated rings. The Morgan fingerprint density at radius 2 is 1.68 bits per heavy atom. The number of halogens is 1. The van der Waals surface area contributed by atoms with Gasteiger partial charge < -0.3 is 10.1 Å². The second kappa shape index (κ2) is 6.18. The van der Waals surface area contributed by atoms with Crippen LogP contribution >= 0.6 is 0 Å². The van der Waals surface area contributed by atoms with Crippen molar-refractivity contribution in [3.8, 4) is 5.75 Å². The van der Waals surface area contributed by atoms with Gasteiger partial charge in [-0.1, -0.05) is 24.3 Å². The van der Waals surface area contributed by atoms with Gasteiger partial charge in [-0.2, -0.15) is 0 Å². The van der Waals surface area contributed by atoms with Gasteiger partial charge in [0, 0.05) is 12.5 Å². The van der Waals surface area contributed by atoms with Crippen molar-refractivity contribution in [2.75, 3.05) is 13.7 Å². The molecule has 3 rings (SSSR count). The van der Waals surface area contributed by atoms with E-state index < -0.39 is 0 Å². The molecule has 2 atom stereocenters. The average Bonchev–Trinajstić information content (AvgIpc) is 2.56. The third-order valence-electron chi connectivity index (χ3n) is 4.22. The van der Waals surface area contributed by atoms with E-state index in [0.29, 0.717) is 6.54 Å². The van der Waals surface area contributed by atoms with Gasteiger partial charge in [-0.3, -0.25) is 4.79 Å². The van der Waals surface area contributed by atoms with E-state index in [1.165, 1.54) is 17.7 Å². The highest BCUT2D eigenvalue weighted by Gasteiger charge is 2.30. The maximum Gasteiger partial charge on any atom is 0.227 e. The van der Waals surface area contributed by atoms with Crippen LogP contribution in [0.25, 0.3) is 0 Å². The Balaban J connectivity index is 1.80. The maximum absolute atomic E-state index is 13.1. The molecule has 1 amide bonds. The Labute approximate surface area is 129 Å². The number of amides is 1. The molecule has 3 nitrogen and oxygen atoms in total. The molecule has 114 valence electrons. The molecule has 2 aromatic carbocycles. The maximum atomic E-state index is 13.1. The van der Waals surface area contributed by atoms with Crippen molar-refractivity contribution < 1.29 is 13.9 Å². The second-order valence-electron chi connectivity index (χ2n) is 5.56. The molecule has 0 radical (unpaired) electrons. The van der Waals surface area contributed by atoms with E-state index in [-0.39, 0.29) is 23.6 Å². The van der Waals surface area contributed by atoms with Gasteiger partial charge in [-0.15, -0.1) is 0 Å². The summed E-state index contributed by atoms with van der Waals surface area (Å²) >= 11 is 0. The number of nitrogens with one attached hydrogen (secondary N) is 1. The van der Waals surface area contributed by atoms with Crippen LogP contribution in [-0.4, -0.2) is 19.6 Å². The lowest BCUT2D eigenvalue weighted by atomic mass is 9.81. The first-order valence-electron chi connectivity index (χ1n) is 7.34. The van der Waals surface area contributed by atoms with E-state index in [1.54, 1.807) is 19.2 Å². The van der Waals surface area contributed by atoms with Crippen molar-refractivity contribution >= 4 is 5.91 Å². The average molecular weight is 299 g/mol. The lowest BCUT2D eigenvalue weighted by molar-refractivity contribution is -0.124. The number of hydrogen-bond acceptors (Lipinski definition) is 2. The zero-order chi connectivity index (χ0) is 15.5. The highest BCUT2D eigenvalue weighted by molar-refractivity contribution is 5.84. The molecule has 0 aromatic heterocycles. The molecule has 2 aromatic rings. The summed E-state index contributed by atoms with van der Waals surface area (Å²) in [6.07, 6.45) is 0.726. The lowest BCUT2D eigenvalue weighted by Gasteiger charge is -2.30. The highest BCUT2D eigenvalue weighted by atomic mass is 19.1. The minimum atomic E-state index is -0.285. The second-order valence-corrected chi connectivity index (χ2v) is 5.56. The first-order valence-corrected chi connectivity index (χ1v) is 7.34. The molecule has 1 heterocycles. The van der Waals surface area contributed by atoms with Crippen LogP contribution in [0.3, 0.4) is 0 Å². The molecule has 0 bridgehead atoms. The molecule has 0 aliphatic carbocycles. The molecule has 1 aliphatic rings. The summed E-state index contributed by atoms with van der Waals surface area (Å²) in [5.41, 5.74) is 2.03. The van der Waals surface area contributed by atoms with Gasteiger partial charge in [-0.25, -0.2) is 4.39 Å². The van der Waals surface area contributed by atoms with E-state index >= 15 is 0 Å². The number of rotatable bonds is 3. The molecule has 1 saturated heterocycles. The van der Waals surface area contributed by atoms with Gasteiger partial charge in [0.2, 0.25) is 5.91 Å². The van der Waals surface area contributed by atoms with Crippen molar-refractivity contribution in [1.82, 2.24) is 5.32 Å². The number of ether oxygens (including phenoxy) is 1. The van der Waals surface area contributed by atoms with E-state index in [9.17, 15) is 9.18 Å². The summed E-state index contributed by atoms with van der Waals surface area (Å²) in [7, 11) is 1.64. The van der Waals surface area contributed by atoms with E-state index in [2.05, 4.69) is 5.32 Å². The predicted molar refractivity (Wildman–Crippen MR) is 82.5 cm³/mol. The topological polar surface area (TPSA) is 38.3 Å². The largest absolute Gasteiger partial charge is 0.497 e. The summed E-state index contributed by atoms with van der Waals surface area (Å²) in [5, 5.41) is 2.96. The zero-order valence-electron chi connectivity index (χ0n) is 12.4. The quantitative estimate of drug-likeness (QED) is 0.945. The molecular formula is C18H18FNO2. The van der Waals surface area contributed by atoms with E-state index in [0.717, 1.165) is 17.7 Å². The summed E-state index contributed by atoms with van der Waals surface area (Å²) in [4.78, 5) is 12.1. The predicted octanol–water partition coefficient (Wildman–Crippen LogP) is 3.22. The van der Waals surface area contributed by atoms with Gasteiger partial charge in [0.25, 0.3) is 0 Å². The van der Waals surface area contributed by atoms with Crippen LogP contribution in [-0.2, 0) is 4.79 Å². The van der Waals surface area contributed by atoms with E-state index in [4.69, 9.17) is 4.74 Å². The van der Waals surface area contributed by atoms with Crippen LogP contribution in [0, 0.1) is 5.82 Å². The fourth-order valence-corrected chi connectivity index (χ4v) is 2.93. The third-order valence-corrected chi connectivity index (χ3v) is 4.22.